The SMILES string of the molecule is COCC1CCN(S(=O)(=O)c2cc(CO)ccc2F)C1. The largest absolute Gasteiger partial charge is 0.392 e. The first kappa shape index (κ1) is 15.4. The topological polar surface area (TPSA) is 66.8 Å². The first-order valence-corrected chi connectivity index (χ1v) is 7.81. The van der Waals surface area contributed by atoms with E-state index in [1.165, 1.54) is 16.4 Å². The Kier molecular flexibility index (Phi) is 4.74. The van der Waals surface area contributed by atoms with Gasteiger partial charge in [0.15, 0.2) is 0 Å². The summed E-state index contributed by atoms with van der Waals surface area (Å²) >= 11 is 0. The van der Waals surface area contributed by atoms with E-state index >= 15 is 0 Å². The minimum atomic E-state index is -3.86. The number of benzene rings is 1. The van der Waals surface area contributed by atoms with Crippen LogP contribution in [0.25, 0.3) is 0 Å². The molecule has 0 radical (unpaired) electrons. The average Bonchev–Trinajstić information content (AvgIpc) is 2.89. The lowest BCUT2D eigenvalue weighted by Gasteiger charge is -2.17. The quantitative estimate of drug-likeness (QED) is 0.880. The van der Waals surface area contributed by atoms with Gasteiger partial charge >= 0.3 is 0 Å². The number of sulfonamides is 1. The van der Waals surface area contributed by atoms with Crippen molar-refractivity contribution >= 4 is 10.0 Å². The van der Waals surface area contributed by atoms with Crippen molar-refractivity contribution in [3.63, 3.8) is 0 Å². The molecule has 0 amide bonds. The summed E-state index contributed by atoms with van der Waals surface area (Å²) in [6, 6.07) is 3.63. The van der Waals surface area contributed by atoms with Crippen LogP contribution in [0.15, 0.2) is 23.1 Å². The predicted octanol–water partition coefficient (Wildman–Crippen LogP) is 0.975. The Balaban J connectivity index is 2.27. The van der Waals surface area contributed by atoms with E-state index in [1.54, 1.807) is 7.11 Å². The van der Waals surface area contributed by atoms with Gasteiger partial charge in [0.05, 0.1) is 13.2 Å². The van der Waals surface area contributed by atoms with Gasteiger partial charge in [0, 0.05) is 20.2 Å². The molecule has 0 spiro atoms. The first-order valence-electron chi connectivity index (χ1n) is 6.37. The summed E-state index contributed by atoms with van der Waals surface area (Å²) in [5, 5.41) is 9.05. The van der Waals surface area contributed by atoms with Crippen LogP contribution in [-0.2, 0) is 21.4 Å². The molecule has 1 aromatic rings. The van der Waals surface area contributed by atoms with Gasteiger partial charge in [0.2, 0.25) is 10.0 Å². The maximum absolute atomic E-state index is 13.8. The lowest BCUT2D eigenvalue weighted by Crippen LogP contribution is -2.30. The van der Waals surface area contributed by atoms with E-state index in [2.05, 4.69) is 0 Å². The third-order valence-corrected chi connectivity index (χ3v) is 5.33. The van der Waals surface area contributed by atoms with E-state index in [4.69, 9.17) is 9.84 Å². The van der Waals surface area contributed by atoms with Crippen LogP contribution in [0.2, 0.25) is 0 Å². The fourth-order valence-corrected chi connectivity index (χ4v) is 4.02. The van der Waals surface area contributed by atoms with Gasteiger partial charge in [-0.1, -0.05) is 6.07 Å². The van der Waals surface area contributed by atoms with Gasteiger partial charge in [-0.3, -0.25) is 0 Å². The minimum Gasteiger partial charge on any atom is -0.392 e. The number of aliphatic hydroxyl groups is 1. The first-order chi connectivity index (χ1) is 9.48. The molecule has 7 heteroatoms. The molecule has 1 aliphatic rings. The molecule has 1 N–H and O–H groups in total. The van der Waals surface area contributed by atoms with E-state index in [0.29, 0.717) is 31.7 Å². The molecular formula is C13H18FNO4S. The Bertz CT molecular complexity index is 576. The smallest absolute Gasteiger partial charge is 0.246 e. The average molecular weight is 303 g/mol. The summed E-state index contributed by atoms with van der Waals surface area (Å²) in [4.78, 5) is -0.373. The molecule has 0 saturated carbocycles. The van der Waals surface area contributed by atoms with Crippen molar-refractivity contribution in [2.45, 2.75) is 17.9 Å². The van der Waals surface area contributed by atoms with Crippen LogP contribution in [0.4, 0.5) is 4.39 Å². The number of nitrogens with zero attached hydrogens (tertiary/aromatic N) is 1. The number of rotatable bonds is 5. The second kappa shape index (κ2) is 6.17. The Hall–Kier alpha value is -1.02. The van der Waals surface area contributed by atoms with Gasteiger partial charge in [-0.2, -0.15) is 4.31 Å². The molecule has 0 aromatic heterocycles. The van der Waals surface area contributed by atoms with E-state index in [0.717, 1.165) is 6.07 Å². The maximum Gasteiger partial charge on any atom is 0.246 e. The van der Waals surface area contributed by atoms with Crippen LogP contribution in [0.1, 0.15) is 12.0 Å². The van der Waals surface area contributed by atoms with Crippen molar-refractivity contribution in [2.24, 2.45) is 5.92 Å². The molecule has 20 heavy (non-hydrogen) atoms. The molecular weight excluding hydrogens is 285 g/mol. The molecule has 1 heterocycles. The van der Waals surface area contributed by atoms with Crippen molar-refractivity contribution in [2.75, 3.05) is 26.8 Å². The van der Waals surface area contributed by atoms with Crippen molar-refractivity contribution < 1.29 is 22.7 Å². The lowest BCUT2D eigenvalue weighted by molar-refractivity contribution is 0.157. The third-order valence-electron chi connectivity index (χ3n) is 3.45. The van der Waals surface area contributed by atoms with Gasteiger partial charge in [-0.25, -0.2) is 12.8 Å². The van der Waals surface area contributed by atoms with E-state index in [9.17, 15) is 12.8 Å². The van der Waals surface area contributed by atoms with Crippen LogP contribution in [0, 0.1) is 11.7 Å². The Morgan fingerprint density at radius 1 is 1.50 bits per heavy atom. The third kappa shape index (κ3) is 3.01. The minimum absolute atomic E-state index is 0.138. The normalized spacial score (nSPS) is 20.4. The molecule has 1 saturated heterocycles. The van der Waals surface area contributed by atoms with Gasteiger partial charge in [0.25, 0.3) is 0 Å². The van der Waals surface area contributed by atoms with Crippen LogP contribution in [0.3, 0.4) is 0 Å². The van der Waals surface area contributed by atoms with Gasteiger partial charge in [-0.15, -0.1) is 0 Å². The fraction of sp³-hybridized carbons (Fsp3) is 0.538. The molecule has 1 unspecified atom stereocenters. The highest BCUT2D eigenvalue weighted by atomic mass is 32.2. The molecule has 1 fully saturated rings. The van der Waals surface area contributed by atoms with Crippen LogP contribution in [-0.4, -0.2) is 44.6 Å². The van der Waals surface area contributed by atoms with E-state index < -0.39 is 15.8 Å². The summed E-state index contributed by atoms with van der Waals surface area (Å²) < 4.78 is 45.0. The lowest BCUT2D eigenvalue weighted by atomic mass is 10.1. The summed E-state index contributed by atoms with van der Waals surface area (Å²) in [5.41, 5.74) is 0.373. The van der Waals surface area contributed by atoms with Crippen molar-refractivity contribution in [1.29, 1.82) is 0 Å². The summed E-state index contributed by atoms with van der Waals surface area (Å²) in [5.74, 6) is -0.656. The van der Waals surface area contributed by atoms with Gasteiger partial charge in [0.1, 0.15) is 10.7 Å². The predicted molar refractivity (Wildman–Crippen MR) is 71.1 cm³/mol. The molecule has 1 atom stereocenters. The summed E-state index contributed by atoms with van der Waals surface area (Å²) in [6.45, 7) is 0.860. The van der Waals surface area contributed by atoms with Gasteiger partial charge in [-0.05, 0) is 30.0 Å². The van der Waals surface area contributed by atoms with E-state index in [1.807, 2.05) is 0 Å². The zero-order valence-electron chi connectivity index (χ0n) is 11.3. The number of halogens is 1. The Labute approximate surface area is 118 Å². The van der Waals surface area contributed by atoms with Crippen LogP contribution >= 0.6 is 0 Å². The Morgan fingerprint density at radius 3 is 2.90 bits per heavy atom. The zero-order valence-corrected chi connectivity index (χ0v) is 12.1. The van der Waals surface area contributed by atoms with E-state index in [-0.39, 0.29) is 17.4 Å². The van der Waals surface area contributed by atoms with Crippen LogP contribution in [0.5, 0.6) is 0 Å². The number of ether oxygens (including phenoxy) is 1. The number of hydrogen-bond acceptors (Lipinski definition) is 4. The Morgan fingerprint density at radius 2 is 2.25 bits per heavy atom. The number of methoxy groups -OCH3 is 1. The molecule has 1 aliphatic heterocycles. The zero-order chi connectivity index (χ0) is 14.8. The van der Waals surface area contributed by atoms with Crippen molar-refractivity contribution in [3.05, 3.63) is 29.6 Å². The van der Waals surface area contributed by atoms with Crippen molar-refractivity contribution in [1.82, 2.24) is 4.31 Å². The van der Waals surface area contributed by atoms with Gasteiger partial charge < -0.3 is 9.84 Å². The standard InChI is InChI=1S/C13H18FNO4S/c1-19-9-11-4-5-15(7-11)20(17,18)13-6-10(8-16)2-3-12(13)14/h2-3,6,11,16H,4-5,7-9H2,1H3. The van der Waals surface area contributed by atoms with Crippen LogP contribution < -0.4 is 0 Å². The maximum atomic E-state index is 13.8. The monoisotopic (exact) mass is 303 g/mol. The highest BCUT2D eigenvalue weighted by Crippen LogP contribution is 2.26. The number of aliphatic hydroxyl groups excluding tert-OH is 1. The fourth-order valence-electron chi connectivity index (χ4n) is 2.37. The molecule has 112 valence electrons. The second-order valence-corrected chi connectivity index (χ2v) is 6.80. The second-order valence-electron chi connectivity index (χ2n) is 4.90. The summed E-state index contributed by atoms with van der Waals surface area (Å²) in [6.07, 6.45) is 0.703. The molecule has 2 rings (SSSR count). The molecule has 5 nitrogen and oxygen atoms in total. The highest BCUT2D eigenvalue weighted by molar-refractivity contribution is 7.89. The highest BCUT2D eigenvalue weighted by Gasteiger charge is 2.34. The molecule has 1 aromatic carbocycles. The number of hydrogen-bond donors (Lipinski definition) is 1. The van der Waals surface area contributed by atoms with Crippen molar-refractivity contribution in [3.8, 4) is 0 Å². The molecule has 0 bridgehead atoms. The summed E-state index contributed by atoms with van der Waals surface area (Å²) in [7, 11) is -2.29. The molecule has 0 aliphatic carbocycles.